The molecule has 6 nitrogen and oxygen atoms in total. The van der Waals surface area contributed by atoms with Gasteiger partial charge in [-0.05, 0) is 30.7 Å². The molecule has 0 aromatic heterocycles. The highest BCUT2D eigenvalue weighted by atomic mass is 16.5. The summed E-state index contributed by atoms with van der Waals surface area (Å²) in [4.78, 5) is 38.5. The minimum Gasteiger partial charge on any atom is -0.497 e. The number of nitrogens with zero attached hydrogens (tertiary/aromatic N) is 1. The van der Waals surface area contributed by atoms with E-state index in [0.29, 0.717) is 11.3 Å². The molecule has 0 radical (unpaired) electrons. The molecule has 2 aromatic rings. The van der Waals surface area contributed by atoms with Crippen LogP contribution in [0, 0.1) is 12.8 Å². The first-order valence-electron chi connectivity index (χ1n) is 8.69. The molecule has 0 aliphatic carbocycles. The number of rotatable bonds is 6. The Bertz CT molecular complexity index is 876. The van der Waals surface area contributed by atoms with Crippen LogP contribution >= 0.6 is 0 Å². The largest absolute Gasteiger partial charge is 0.497 e. The zero-order valence-electron chi connectivity index (χ0n) is 15.3. The van der Waals surface area contributed by atoms with Crippen molar-refractivity contribution in [3.8, 4) is 5.75 Å². The van der Waals surface area contributed by atoms with E-state index in [1.165, 1.54) is 7.11 Å². The maximum absolute atomic E-state index is 12.3. The molecule has 0 N–H and O–H groups in total. The van der Waals surface area contributed by atoms with Crippen molar-refractivity contribution in [3.63, 3.8) is 0 Å². The summed E-state index contributed by atoms with van der Waals surface area (Å²) < 4.78 is 10.3. The van der Waals surface area contributed by atoms with Gasteiger partial charge in [0.1, 0.15) is 5.75 Å². The Hall–Kier alpha value is -3.15. The van der Waals surface area contributed by atoms with Crippen LogP contribution in [-0.2, 0) is 14.3 Å². The van der Waals surface area contributed by atoms with Crippen molar-refractivity contribution < 1.29 is 23.9 Å². The highest BCUT2D eigenvalue weighted by Gasteiger charge is 2.36. The molecule has 140 valence electrons. The van der Waals surface area contributed by atoms with E-state index < -0.39 is 11.9 Å². The van der Waals surface area contributed by atoms with E-state index in [9.17, 15) is 14.4 Å². The number of ketones is 1. The van der Waals surface area contributed by atoms with Crippen LogP contribution in [0.2, 0.25) is 0 Å². The molecule has 3 rings (SSSR count). The first-order valence-corrected chi connectivity index (χ1v) is 8.69. The number of amides is 1. The van der Waals surface area contributed by atoms with Crippen LogP contribution in [0.25, 0.3) is 0 Å². The van der Waals surface area contributed by atoms with Crippen LogP contribution in [0.1, 0.15) is 22.3 Å². The summed E-state index contributed by atoms with van der Waals surface area (Å²) in [6.45, 7) is 1.82. The summed E-state index contributed by atoms with van der Waals surface area (Å²) in [7, 11) is 1.51. The second-order valence-corrected chi connectivity index (χ2v) is 6.45. The predicted octanol–water partition coefficient (Wildman–Crippen LogP) is 2.78. The van der Waals surface area contributed by atoms with Crippen LogP contribution in [0.3, 0.4) is 0 Å². The van der Waals surface area contributed by atoms with Crippen LogP contribution in [0.15, 0.2) is 48.5 Å². The molecule has 1 atom stereocenters. The fourth-order valence-corrected chi connectivity index (χ4v) is 3.10. The number of ether oxygens (including phenoxy) is 2. The minimum absolute atomic E-state index is 0.0838. The summed E-state index contributed by atoms with van der Waals surface area (Å²) in [5.74, 6) is -0.985. The van der Waals surface area contributed by atoms with E-state index in [0.717, 1.165) is 11.3 Å². The van der Waals surface area contributed by atoms with Crippen molar-refractivity contribution in [2.45, 2.75) is 13.3 Å². The molecule has 1 heterocycles. The Labute approximate surface area is 157 Å². The number of carbonyl (C=O) groups excluding carboxylic acids is 3. The molecule has 1 aliphatic rings. The highest BCUT2D eigenvalue weighted by Crippen LogP contribution is 2.28. The maximum Gasteiger partial charge on any atom is 0.311 e. The van der Waals surface area contributed by atoms with Gasteiger partial charge >= 0.3 is 5.97 Å². The van der Waals surface area contributed by atoms with Crippen LogP contribution in [0.5, 0.6) is 5.75 Å². The minimum atomic E-state index is -0.574. The van der Waals surface area contributed by atoms with Gasteiger partial charge in [-0.2, -0.15) is 0 Å². The van der Waals surface area contributed by atoms with E-state index in [4.69, 9.17) is 9.47 Å². The van der Waals surface area contributed by atoms with Gasteiger partial charge in [-0.3, -0.25) is 14.4 Å². The lowest BCUT2D eigenvalue weighted by Crippen LogP contribution is -2.27. The lowest BCUT2D eigenvalue weighted by atomic mass is 10.1. The number of benzene rings is 2. The molecule has 1 amide bonds. The van der Waals surface area contributed by atoms with Gasteiger partial charge in [0.05, 0.1) is 13.0 Å². The molecule has 1 fully saturated rings. The maximum atomic E-state index is 12.3. The predicted molar refractivity (Wildman–Crippen MR) is 99.9 cm³/mol. The van der Waals surface area contributed by atoms with E-state index in [1.807, 2.05) is 31.2 Å². The van der Waals surface area contributed by atoms with Gasteiger partial charge in [-0.15, -0.1) is 0 Å². The number of esters is 1. The van der Waals surface area contributed by atoms with Crippen molar-refractivity contribution >= 4 is 23.3 Å². The normalized spacial score (nSPS) is 16.3. The van der Waals surface area contributed by atoms with Gasteiger partial charge in [0.15, 0.2) is 12.4 Å². The van der Waals surface area contributed by atoms with Gasteiger partial charge < -0.3 is 14.4 Å². The Morgan fingerprint density at radius 3 is 2.67 bits per heavy atom. The molecular formula is C21H21NO5. The lowest BCUT2D eigenvalue weighted by Gasteiger charge is -2.18. The van der Waals surface area contributed by atoms with Gasteiger partial charge in [-0.1, -0.05) is 30.3 Å². The summed E-state index contributed by atoms with van der Waals surface area (Å²) in [6, 6.07) is 14.2. The number of aryl methyl sites for hydroxylation is 1. The number of Topliss-reactive ketones (excluding diaryl/α,β-unsaturated/α-hetero) is 1. The smallest absolute Gasteiger partial charge is 0.311 e. The standard InChI is InChI=1S/C21H21NO5/c1-14-6-3-4-9-18(14)22-12-16(11-20(22)24)21(25)27-13-19(23)15-7-5-8-17(10-15)26-2/h3-10,16H,11-13H2,1-2H3/t16-/m0/s1. The van der Waals surface area contributed by atoms with Gasteiger partial charge in [0.25, 0.3) is 0 Å². The summed E-state index contributed by atoms with van der Waals surface area (Å²) >= 11 is 0. The van der Waals surface area contributed by atoms with Crippen molar-refractivity contribution in [1.82, 2.24) is 0 Å². The second-order valence-electron chi connectivity index (χ2n) is 6.45. The van der Waals surface area contributed by atoms with Gasteiger partial charge in [0, 0.05) is 24.2 Å². The first kappa shape index (κ1) is 18.6. The highest BCUT2D eigenvalue weighted by molar-refractivity contribution is 6.01. The molecule has 0 saturated carbocycles. The molecule has 1 saturated heterocycles. The Morgan fingerprint density at radius 1 is 1.15 bits per heavy atom. The number of hydrogen-bond acceptors (Lipinski definition) is 5. The SMILES string of the molecule is COc1cccc(C(=O)COC(=O)[C@H]2CC(=O)N(c3ccccc3C)C2)c1. The van der Waals surface area contributed by atoms with Crippen LogP contribution in [0.4, 0.5) is 5.69 Å². The van der Waals surface area contributed by atoms with Crippen molar-refractivity contribution in [3.05, 3.63) is 59.7 Å². The molecule has 1 aliphatic heterocycles. The molecular weight excluding hydrogens is 346 g/mol. The molecule has 0 bridgehead atoms. The third kappa shape index (κ3) is 4.16. The summed E-state index contributed by atoms with van der Waals surface area (Å²) in [5, 5.41) is 0. The van der Waals surface area contributed by atoms with Crippen molar-refractivity contribution in [1.29, 1.82) is 0 Å². The molecule has 6 heteroatoms. The lowest BCUT2D eigenvalue weighted by molar-refractivity contribution is -0.147. The topological polar surface area (TPSA) is 72.9 Å². The summed E-state index contributed by atoms with van der Waals surface area (Å²) in [6.07, 6.45) is 0.0838. The van der Waals surface area contributed by atoms with Gasteiger partial charge in [-0.25, -0.2) is 0 Å². The third-order valence-corrected chi connectivity index (χ3v) is 4.60. The Morgan fingerprint density at radius 2 is 1.93 bits per heavy atom. The molecule has 0 unspecified atom stereocenters. The third-order valence-electron chi connectivity index (χ3n) is 4.60. The number of carbonyl (C=O) groups is 3. The van der Waals surface area contributed by atoms with E-state index in [2.05, 4.69) is 0 Å². The molecule has 0 spiro atoms. The summed E-state index contributed by atoms with van der Waals surface area (Å²) in [5.41, 5.74) is 2.17. The molecule has 2 aromatic carbocycles. The van der Waals surface area contributed by atoms with E-state index >= 15 is 0 Å². The fraction of sp³-hybridized carbons (Fsp3) is 0.286. The first-order chi connectivity index (χ1) is 13.0. The van der Waals surface area contributed by atoms with Gasteiger partial charge in [0.2, 0.25) is 5.91 Å². The Kier molecular flexibility index (Phi) is 5.54. The Balaban J connectivity index is 1.59. The zero-order valence-corrected chi connectivity index (χ0v) is 15.3. The average Bonchev–Trinajstić information content (AvgIpc) is 3.07. The molecule has 27 heavy (non-hydrogen) atoms. The van der Waals surface area contributed by atoms with E-state index in [1.54, 1.807) is 29.2 Å². The number of hydrogen-bond donors (Lipinski definition) is 0. The second kappa shape index (κ2) is 8.03. The van der Waals surface area contributed by atoms with E-state index in [-0.39, 0.29) is 31.3 Å². The number of para-hydroxylation sites is 1. The zero-order chi connectivity index (χ0) is 19.4. The van der Waals surface area contributed by atoms with Crippen molar-refractivity contribution in [2.24, 2.45) is 5.92 Å². The average molecular weight is 367 g/mol. The fourth-order valence-electron chi connectivity index (χ4n) is 3.10. The quantitative estimate of drug-likeness (QED) is 0.580. The van der Waals surface area contributed by atoms with Crippen molar-refractivity contribution in [2.75, 3.05) is 25.2 Å². The monoisotopic (exact) mass is 367 g/mol. The number of methoxy groups -OCH3 is 1. The van der Waals surface area contributed by atoms with Crippen LogP contribution in [-0.4, -0.2) is 37.9 Å². The van der Waals surface area contributed by atoms with Crippen LogP contribution < -0.4 is 9.64 Å². The number of anilines is 1.